The number of benzene rings is 2. The number of hydrogen-bond acceptors (Lipinski definition) is 2. The molecule has 0 spiro atoms. The lowest BCUT2D eigenvalue weighted by Crippen LogP contribution is -2.04. The maximum absolute atomic E-state index is 12.3. The summed E-state index contributed by atoms with van der Waals surface area (Å²) < 4.78 is 24.5. The summed E-state index contributed by atoms with van der Waals surface area (Å²) in [6, 6.07) is 15.0. The molecule has 0 unspecified atom stereocenters. The van der Waals surface area contributed by atoms with Crippen molar-refractivity contribution in [3.05, 3.63) is 65.2 Å². The third-order valence-electron chi connectivity index (χ3n) is 3.15. The molecule has 1 aliphatic rings. The number of sulfone groups is 1. The molecule has 0 amide bonds. The molecule has 1 aliphatic heterocycles. The molecule has 2 aromatic rings. The van der Waals surface area contributed by atoms with E-state index in [0.717, 1.165) is 16.7 Å². The van der Waals surface area contributed by atoms with E-state index in [1.54, 1.807) is 12.1 Å². The molecular weight excluding hydrogens is 232 g/mol. The summed E-state index contributed by atoms with van der Waals surface area (Å²) in [5, 5.41) is 0. The van der Waals surface area contributed by atoms with Crippen LogP contribution in [0.15, 0.2) is 53.4 Å². The largest absolute Gasteiger partial charge is 0.223 e. The Bertz CT molecular complexity index is 672. The number of hydrogen-bond donors (Lipinski definition) is 0. The molecule has 0 aliphatic carbocycles. The Morgan fingerprint density at radius 2 is 1.35 bits per heavy atom. The zero-order chi connectivity index (χ0) is 11.9. The van der Waals surface area contributed by atoms with E-state index in [1.807, 2.05) is 36.4 Å². The van der Waals surface area contributed by atoms with Crippen LogP contribution in [0.3, 0.4) is 0 Å². The fourth-order valence-electron chi connectivity index (χ4n) is 2.31. The first-order chi connectivity index (χ1) is 8.17. The lowest BCUT2D eigenvalue weighted by Gasteiger charge is -2.04. The van der Waals surface area contributed by atoms with Crippen LogP contribution in [0.2, 0.25) is 0 Å². The molecular formula is C14H12O2S. The Morgan fingerprint density at radius 1 is 0.765 bits per heavy atom. The lowest BCUT2D eigenvalue weighted by molar-refractivity contribution is 0.595. The van der Waals surface area contributed by atoms with Crippen molar-refractivity contribution < 1.29 is 8.42 Å². The number of fused-ring (bicyclic) bond motifs is 2. The molecule has 0 bridgehead atoms. The zero-order valence-corrected chi connectivity index (χ0v) is 10.1. The minimum atomic E-state index is -3.19. The summed E-state index contributed by atoms with van der Waals surface area (Å²) in [6.45, 7) is 0. The van der Waals surface area contributed by atoms with Crippen LogP contribution in [0.25, 0.3) is 0 Å². The summed E-state index contributed by atoms with van der Waals surface area (Å²) in [4.78, 5) is 0.483. The van der Waals surface area contributed by atoms with Crippen LogP contribution in [0.1, 0.15) is 16.7 Å². The summed E-state index contributed by atoms with van der Waals surface area (Å²) in [6.07, 6.45) is 0.700. The molecule has 0 atom stereocenters. The molecule has 0 fully saturated rings. The SMILES string of the molecule is O=S1(=O)Cc2ccccc2Cc2ccccc21. The second-order valence-corrected chi connectivity index (χ2v) is 6.27. The number of rotatable bonds is 0. The highest BCUT2D eigenvalue weighted by Crippen LogP contribution is 2.28. The van der Waals surface area contributed by atoms with Gasteiger partial charge in [0.05, 0.1) is 10.6 Å². The van der Waals surface area contributed by atoms with E-state index in [0.29, 0.717) is 11.3 Å². The van der Waals surface area contributed by atoms with Crippen LogP contribution < -0.4 is 0 Å². The average Bonchev–Trinajstić information content (AvgIpc) is 2.42. The van der Waals surface area contributed by atoms with E-state index in [4.69, 9.17) is 0 Å². The van der Waals surface area contributed by atoms with E-state index >= 15 is 0 Å². The second kappa shape index (κ2) is 3.70. The average molecular weight is 244 g/mol. The Kier molecular flexibility index (Phi) is 2.30. The predicted octanol–water partition coefficient (Wildman–Crippen LogP) is 2.56. The maximum Gasteiger partial charge on any atom is 0.182 e. The van der Waals surface area contributed by atoms with Gasteiger partial charge < -0.3 is 0 Å². The van der Waals surface area contributed by atoms with Gasteiger partial charge in [-0.2, -0.15) is 0 Å². The van der Waals surface area contributed by atoms with Crippen molar-refractivity contribution in [2.75, 3.05) is 0 Å². The molecule has 0 N–H and O–H groups in total. The van der Waals surface area contributed by atoms with Gasteiger partial charge in [-0.1, -0.05) is 42.5 Å². The van der Waals surface area contributed by atoms with Crippen molar-refractivity contribution in [1.82, 2.24) is 0 Å². The van der Waals surface area contributed by atoms with E-state index in [1.165, 1.54) is 0 Å². The predicted molar refractivity (Wildman–Crippen MR) is 66.6 cm³/mol. The highest BCUT2D eigenvalue weighted by molar-refractivity contribution is 7.90. The van der Waals surface area contributed by atoms with Crippen molar-refractivity contribution in [1.29, 1.82) is 0 Å². The molecule has 3 rings (SSSR count). The van der Waals surface area contributed by atoms with E-state index in [9.17, 15) is 8.42 Å². The van der Waals surface area contributed by atoms with Crippen molar-refractivity contribution in [3.8, 4) is 0 Å². The molecule has 2 aromatic carbocycles. The van der Waals surface area contributed by atoms with E-state index in [-0.39, 0.29) is 5.75 Å². The topological polar surface area (TPSA) is 34.1 Å². The zero-order valence-electron chi connectivity index (χ0n) is 9.26. The minimum Gasteiger partial charge on any atom is -0.223 e. The molecule has 2 nitrogen and oxygen atoms in total. The summed E-state index contributed by atoms with van der Waals surface area (Å²) in [7, 11) is -3.19. The fraction of sp³-hybridized carbons (Fsp3) is 0.143. The van der Waals surface area contributed by atoms with E-state index in [2.05, 4.69) is 0 Å². The van der Waals surface area contributed by atoms with Gasteiger partial charge in [-0.25, -0.2) is 8.42 Å². The van der Waals surface area contributed by atoms with Crippen LogP contribution in [0, 0.1) is 0 Å². The molecule has 0 aromatic heterocycles. The van der Waals surface area contributed by atoms with Crippen LogP contribution in [-0.2, 0) is 22.0 Å². The van der Waals surface area contributed by atoms with Gasteiger partial charge in [-0.15, -0.1) is 0 Å². The Balaban J connectivity index is 2.28. The van der Waals surface area contributed by atoms with E-state index < -0.39 is 9.84 Å². The van der Waals surface area contributed by atoms with Crippen molar-refractivity contribution in [2.24, 2.45) is 0 Å². The second-order valence-electron chi connectivity index (χ2n) is 4.31. The normalized spacial score (nSPS) is 16.7. The van der Waals surface area contributed by atoms with Gasteiger partial charge in [-0.05, 0) is 29.2 Å². The highest BCUT2D eigenvalue weighted by atomic mass is 32.2. The first-order valence-electron chi connectivity index (χ1n) is 5.54. The first-order valence-corrected chi connectivity index (χ1v) is 7.19. The minimum absolute atomic E-state index is 0.111. The molecule has 3 heteroatoms. The van der Waals surface area contributed by atoms with Crippen LogP contribution >= 0.6 is 0 Å². The van der Waals surface area contributed by atoms with Crippen molar-refractivity contribution in [3.63, 3.8) is 0 Å². The van der Waals surface area contributed by atoms with Gasteiger partial charge in [0.2, 0.25) is 0 Å². The Hall–Kier alpha value is -1.61. The van der Waals surface area contributed by atoms with Crippen molar-refractivity contribution >= 4 is 9.84 Å². The summed E-state index contributed by atoms with van der Waals surface area (Å²) in [5.74, 6) is 0.111. The third kappa shape index (κ3) is 1.76. The quantitative estimate of drug-likeness (QED) is 0.713. The molecule has 0 saturated heterocycles. The summed E-state index contributed by atoms with van der Waals surface area (Å²) >= 11 is 0. The fourth-order valence-corrected chi connectivity index (χ4v) is 3.98. The Morgan fingerprint density at radius 3 is 2.12 bits per heavy atom. The monoisotopic (exact) mass is 244 g/mol. The van der Waals surface area contributed by atoms with Gasteiger partial charge in [0.1, 0.15) is 0 Å². The molecule has 0 radical (unpaired) electrons. The van der Waals surface area contributed by atoms with Crippen molar-refractivity contribution in [2.45, 2.75) is 17.1 Å². The smallest absolute Gasteiger partial charge is 0.182 e. The maximum atomic E-state index is 12.3. The highest BCUT2D eigenvalue weighted by Gasteiger charge is 2.24. The summed E-state index contributed by atoms with van der Waals surface area (Å²) in [5.41, 5.74) is 2.93. The van der Waals surface area contributed by atoms with Crippen LogP contribution in [0.5, 0.6) is 0 Å². The Labute approximate surface area is 101 Å². The molecule has 1 heterocycles. The third-order valence-corrected chi connectivity index (χ3v) is 4.91. The molecule has 0 saturated carbocycles. The molecule has 86 valence electrons. The van der Waals surface area contributed by atoms with Gasteiger partial charge in [0.25, 0.3) is 0 Å². The van der Waals surface area contributed by atoms with Gasteiger partial charge >= 0.3 is 0 Å². The molecule has 17 heavy (non-hydrogen) atoms. The lowest BCUT2D eigenvalue weighted by atomic mass is 10.0. The van der Waals surface area contributed by atoms with Gasteiger partial charge in [-0.3, -0.25) is 0 Å². The van der Waals surface area contributed by atoms with Crippen LogP contribution in [-0.4, -0.2) is 8.42 Å². The standard InChI is InChI=1S/C14H12O2S/c15-17(16)10-13-7-2-1-5-11(13)9-12-6-3-4-8-14(12)17/h1-8H,9-10H2. The van der Waals surface area contributed by atoms with Gasteiger partial charge in [0, 0.05) is 0 Å². The first kappa shape index (κ1) is 10.5. The van der Waals surface area contributed by atoms with Gasteiger partial charge in [0.15, 0.2) is 9.84 Å². The van der Waals surface area contributed by atoms with Crippen LogP contribution in [0.4, 0.5) is 0 Å².